The lowest BCUT2D eigenvalue weighted by Crippen LogP contribution is -2.35. The van der Waals surface area contributed by atoms with Crippen molar-refractivity contribution in [2.75, 3.05) is 10.6 Å². The monoisotopic (exact) mass is 412 g/mol. The summed E-state index contributed by atoms with van der Waals surface area (Å²) in [6, 6.07) is 5.42. The molecule has 0 spiro atoms. The molecule has 0 aliphatic heterocycles. The molecular weight excluding hydrogens is 397 g/mol. The number of hydrogen-bond acceptors (Lipinski definition) is 4. The first-order valence-electron chi connectivity index (χ1n) is 8.36. The summed E-state index contributed by atoms with van der Waals surface area (Å²) in [5.41, 5.74) is 0.606. The van der Waals surface area contributed by atoms with Crippen LogP contribution in [0.3, 0.4) is 0 Å². The smallest absolute Gasteiger partial charge is 0.381 e. The maximum absolute atomic E-state index is 12.6. The van der Waals surface area contributed by atoms with Crippen molar-refractivity contribution in [1.82, 2.24) is 10.3 Å². The largest absolute Gasteiger partial charge is 0.417 e. The van der Waals surface area contributed by atoms with Gasteiger partial charge in [0.2, 0.25) is 0 Å². The first-order valence-corrected chi connectivity index (χ1v) is 8.73. The highest BCUT2D eigenvalue weighted by Gasteiger charge is 2.32. The molecule has 3 N–H and O–H groups in total. The van der Waals surface area contributed by atoms with E-state index in [1.54, 1.807) is 12.1 Å². The lowest BCUT2D eigenvalue weighted by molar-refractivity contribution is -0.137. The van der Waals surface area contributed by atoms with E-state index in [9.17, 15) is 22.8 Å². The molecule has 0 unspecified atom stereocenters. The van der Waals surface area contributed by atoms with Gasteiger partial charge in [-0.3, -0.25) is 10.1 Å². The fourth-order valence-corrected chi connectivity index (χ4v) is 2.66. The van der Waals surface area contributed by atoms with Crippen LogP contribution in [0.4, 0.5) is 29.3 Å². The topological polar surface area (TPSA) is 83.1 Å². The van der Waals surface area contributed by atoms with Crippen molar-refractivity contribution < 1.29 is 22.8 Å². The zero-order valence-electron chi connectivity index (χ0n) is 14.7. The minimum absolute atomic E-state index is 0.349. The molecule has 10 heteroatoms. The molecule has 28 heavy (non-hydrogen) atoms. The van der Waals surface area contributed by atoms with Crippen molar-refractivity contribution in [1.29, 1.82) is 0 Å². The second-order valence-corrected chi connectivity index (χ2v) is 6.84. The standard InChI is InChI=1S/C18H16ClF3N4O2/c1-9-2-5-13(14(6-9)24-11-3-4-11)25-17(28)26-16(27)15-12(19)7-10(8-23-15)18(20,21)22/h2,5-8,11,24H,3-4H2,1H3,(H2,25,26,27,28). The van der Waals surface area contributed by atoms with Crippen LogP contribution in [0.15, 0.2) is 30.5 Å². The summed E-state index contributed by atoms with van der Waals surface area (Å²) in [7, 11) is 0. The van der Waals surface area contributed by atoms with Crippen LogP contribution in [0.2, 0.25) is 5.02 Å². The second kappa shape index (κ2) is 7.67. The molecule has 1 aliphatic carbocycles. The molecule has 0 radical (unpaired) electrons. The summed E-state index contributed by atoms with van der Waals surface area (Å²) in [5.74, 6) is -1.01. The summed E-state index contributed by atoms with van der Waals surface area (Å²) in [6.07, 6.45) is -2.08. The molecule has 1 saturated carbocycles. The van der Waals surface area contributed by atoms with E-state index in [4.69, 9.17) is 11.6 Å². The molecule has 2 aromatic rings. The number of hydrogen-bond donors (Lipinski definition) is 3. The van der Waals surface area contributed by atoms with E-state index >= 15 is 0 Å². The molecular formula is C18H16ClF3N4O2. The highest BCUT2D eigenvalue weighted by Crippen LogP contribution is 2.31. The van der Waals surface area contributed by atoms with E-state index in [-0.39, 0.29) is 0 Å². The van der Waals surface area contributed by atoms with Gasteiger partial charge in [0, 0.05) is 12.2 Å². The Labute approximate surface area is 163 Å². The van der Waals surface area contributed by atoms with Crippen molar-refractivity contribution >= 4 is 34.9 Å². The van der Waals surface area contributed by atoms with E-state index in [0.29, 0.717) is 24.0 Å². The minimum Gasteiger partial charge on any atom is -0.381 e. The number of aromatic nitrogens is 1. The SMILES string of the molecule is Cc1ccc(NC(=O)NC(=O)c2ncc(C(F)(F)F)cc2Cl)c(NC2CC2)c1. The number of alkyl halides is 3. The number of urea groups is 1. The van der Waals surface area contributed by atoms with Crippen LogP contribution in [0.5, 0.6) is 0 Å². The number of halogens is 4. The number of pyridine rings is 1. The van der Waals surface area contributed by atoms with E-state index in [1.807, 2.05) is 18.3 Å². The first kappa shape index (κ1) is 19.9. The van der Waals surface area contributed by atoms with Crippen molar-refractivity contribution in [3.63, 3.8) is 0 Å². The molecule has 0 atom stereocenters. The van der Waals surface area contributed by atoms with Gasteiger partial charge in [0.1, 0.15) is 5.69 Å². The molecule has 148 valence electrons. The maximum Gasteiger partial charge on any atom is 0.417 e. The zero-order chi connectivity index (χ0) is 20.5. The fourth-order valence-electron chi connectivity index (χ4n) is 2.41. The minimum atomic E-state index is -4.64. The van der Waals surface area contributed by atoms with Gasteiger partial charge in [0.05, 0.1) is 22.0 Å². The van der Waals surface area contributed by atoms with Crippen molar-refractivity contribution in [2.24, 2.45) is 0 Å². The van der Waals surface area contributed by atoms with Gasteiger partial charge in [-0.2, -0.15) is 13.2 Å². The normalized spacial score (nSPS) is 13.8. The molecule has 1 heterocycles. The average molecular weight is 413 g/mol. The van der Waals surface area contributed by atoms with Gasteiger partial charge in [-0.15, -0.1) is 0 Å². The number of anilines is 2. The summed E-state index contributed by atoms with van der Waals surface area (Å²) in [4.78, 5) is 27.7. The molecule has 6 nitrogen and oxygen atoms in total. The Kier molecular flexibility index (Phi) is 5.46. The van der Waals surface area contributed by atoms with Gasteiger partial charge in [-0.25, -0.2) is 9.78 Å². The first-order chi connectivity index (χ1) is 13.1. The van der Waals surface area contributed by atoms with Crippen LogP contribution < -0.4 is 16.0 Å². The van der Waals surface area contributed by atoms with Gasteiger partial charge in [-0.1, -0.05) is 17.7 Å². The van der Waals surface area contributed by atoms with E-state index in [0.717, 1.165) is 24.1 Å². The number of carbonyl (C=O) groups is 2. The summed E-state index contributed by atoms with van der Waals surface area (Å²) < 4.78 is 37.9. The summed E-state index contributed by atoms with van der Waals surface area (Å²) in [5, 5.41) is 7.32. The van der Waals surface area contributed by atoms with E-state index < -0.39 is 34.4 Å². The molecule has 1 fully saturated rings. The predicted octanol–water partition coefficient (Wildman–Crippen LogP) is 4.60. The number of imide groups is 1. The number of nitrogens with zero attached hydrogens (tertiary/aromatic N) is 1. The molecule has 3 rings (SSSR count). The highest BCUT2D eigenvalue weighted by atomic mass is 35.5. The zero-order valence-corrected chi connectivity index (χ0v) is 15.4. The molecule has 1 aromatic carbocycles. The summed E-state index contributed by atoms with van der Waals surface area (Å²) in [6.45, 7) is 1.91. The fraction of sp³-hybridized carbons (Fsp3) is 0.278. The van der Waals surface area contributed by atoms with Crippen LogP contribution in [0.25, 0.3) is 0 Å². The molecule has 1 aliphatic rings. The molecule has 0 saturated heterocycles. The van der Waals surface area contributed by atoms with Crippen LogP contribution in [0, 0.1) is 6.92 Å². The highest BCUT2D eigenvalue weighted by molar-refractivity contribution is 6.34. The molecule has 3 amide bonds. The van der Waals surface area contributed by atoms with Gasteiger partial charge < -0.3 is 10.6 Å². The number of rotatable bonds is 4. The second-order valence-electron chi connectivity index (χ2n) is 6.43. The predicted molar refractivity (Wildman–Crippen MR) is 98.6 cm³/mol. The quantitative estimate of drug-likeness (QED) is 0.685. The van der Waals surface area contributed by atoms with Gasteiger partial charge in [0.15, 0.2) is 0 Å². The van der Waals surface area contributed by atoms with Crippen LogP contribution in [-0.2, 0) is 6.18 Å². The average Bonchev–Trinajstić information content (AvgIpc) is 3.40. The third kappa shape index (κ3) is 4.92. The third-order valence-corrected chi connectivity index (χ3v) is 4.26. The Morgan fingerprint density at radius 1 is 1.18 bits per heavy atom. The third-order valence-electron chi connectivity index (χ3n) is 3.97. The lowest BCUT2D eigenvalue weighted by Gasteiger charge is -2.14. The molecule has 0 bridgehead atoms. The Morgan fingerprint density at radius 3 is 2.50 bits per heavy atom. The van der Waals surface area contributed by atoms with E-state index in [1.165, 1.54) is 0 Å². The van der Waals surface area contributed by atoms with Crippen LogP contribution >= 0.6 is 11.6 Å². The number of aryl methyl sites for hydroxylation is 1. The Hall–Kier alpha value is -2.81. The van der Waals surface area contributed by atoms with Crippen LogP contribution in [-0.4, -0.2) is 23.0 Å². The number of nitrogens with one attached hydrogen (secondary N) is 3. The van der Waals surface area contributed by atoms with Crippen molar-refractivity contribution in [3.8, 4) is 0 Å². The number of amides is 3. The van der Waals surface area contributed by atoms with Gasteiger partial charge >= 0.3 is 12.2 Å². The van der Waals surface area contributed by atoms with Crippen LogP contribution in [0.1, 0.15) is 34.5 Å². The lowest BCUT2D eigenvalue weighted by atomic mass is 10.2. The van der Waals surface area contributed by atoms with E-state index in [2.05, 4.69) is 15.6 Å². The summed E-state index contributed by atoms with van der Waals surface area (Å²) >= 11 is 5.72. The van der Waals surface area contributed by atoms with Gasteiger partial charge in [0.25, 0.3) is 5.91 Å². The number of carbonyl (C=O) groups excluding carboxylic acids is 2. The van der Waals surface area contributed by atoms with Crippen molar-refractivity contribution in [3.05, 3.63) is 52.3 Å². The molecule has 1 aromatic heterocycles. The van der Waals surface area contributed by atoms with Crippen molar-refractivity contribution in [2.45, 2.75) is 32.0 Å². The Morgan fingerprint density at radius 2 is 1.89 bits per heavy atom. The Balaban J connectivity index is 1.69. The Bertz CT molecular complexity index is 930. The maximum atomic E-state index is 12.6. The van der Waals surface area contributed by atoms with Gasteiger partial charge in [-0.05, 0) is 43.5 Å². The number of benzene rings is 1.